The molecular formula is C21H23BrN2O2. The van der Waals surface area contributed by atoms with E-state index in [2.05, 4.69) is 21.2 Å². The monoisotopic (exact) mass is 414 g/mol. The van der Waals surface area contributed by atoms with Gasteiger partial charge >= 0.3 is 0 Å². The lowest BCUT2D eigenvalue weighted by molar-refractivity contribution is -0.118. The fourth-order valence-corrected chi connectivity index (χ4v) is 3.45. The molecule has 136 valence electrons. The maximum absolute atomic E-state index is 12.8. The number of halogens is 1. The largest absolute Gasteiger partial charge is 0.339 e. The number of carbonyl (C=O) groups excluding carboxylic acids is 2. The Kier molecular flexibility index (Phi) is 5.47. The van der Waals surface area contributed by atoms with Crippen molar-refractivity contribution in [1.29, 1.82) is 0 Å². The molecule has 0 radical (unpaired) electrons. The molecule has 0 saturated heterocycles. The van der Waals surface area contributed by atoms with Crippen LogP contribution in [0.25, 0.3) is 0 Å². The van der Waals surface area contributed by atoms with Crippen molar-refractivity contribution in [1.82, 2.24) is 4.90 Å². The molecule has 0 aromatic heterocycles. The van der Waals surface area contributed by atoms with Gasteiger partial charge in [-0.25, -0.2) is 0 Å². The highest BCUT2D eigenvalue weighted by molar-refractivity contribution is 9.10. The van der Waals surface area contributed by atoms with E-state index in [0.29, 0.717) is 18.7 Å². The van der Waals surface area contributed by atoms with Crippen molar-refractivity contribution < 1.29 is 9.59 Å². The number of carbonyl (C=O) groups is 2. The van der Waals surface area contributed by atoms with Crippen LogP contribution in [-0.2, 0) is 10.2 Å². The Morgan fingerprint density at radius 2 is 1.58 bits per heavy atom. The molecule has 3 rings (SSSR count). The lowest BCUT2D eigenvalue weighted by atomic mass is 9.95. The fourth-order valence-electron chi connectivity index (χ4n) is 3.18. The van der Waals surface area contributed by atoms with Crippen LogP contribution in [0.5, 0.6) is 0 Å². The quantitative estimate of drug-likeness (QED) is 0.750. The van der Waals surface area contributed by atoms with E-state index in [1.807, 2.05) is 38.1 Å². The number of amides is 2. The van der Waals surface area contributed by atoms with E-state index >= 15 is 0 Å². The molecular weight excluding hydrogens is 392 g/mol. The third kappa shape index (κ3) is 3.68. The van der Waals surface area contributed by atoms with Crippen LogP contribution < -0.4 is 5.32 Å². The number of nitrogens with one attached hydrogen (secondary N) is 1. The summed E-state index contributed by atoms with van der Waals surface area (Å²) in [5.41, 5.74) is 1.98. The van der Waals surface area contributed by atoms with Crippen molar-refractivity contribution in [2.45, 2.75) is 32.1 Å². The minimum atomic E-state index is -0.420. The molecule has 4 nitrogen and oxygen atoms in total. The van der Waals surface area contributed by atoms with Gasteiger partial charge in [-0.15, -0.1) is 0 Å². The lowest BCUT2D eigenvalue weighted by Crippen LogP contribution is -2.30. The van der Waals surface area contributed by atoms with E-state index in [0.717, 1.165) is 28.6 Å². The Labute approximate surface area is 162 Å². The molecule has 0 spiro atoms. The van der Waals surface area contributed by atoms with Gasteiger partial charge in [-0.2, -0.15) is 0 Å². The highest BCUT2D eigenvalue weighted by Gasteiger charge is 2.51. The predicted octanol–water partition coefficient (Wildman–Crippen LogP) is 4.60. The molecule has 2 amide bonds. The SMILES string of the molecule is CCN(CC)C(=O)c1ccc(NC(=O)C2(c3ccc(Br)cc3)CC2)cc1. The molecule has 0 atom stereocenters. The van der Waals surface area contributed by atoms with Gasteiger partial charge in [0, 0.05) is 28.8 Å². The summed E-state index contributed by atoms with van der Waals surface area (Å²) in [4.78, 5) is 26.9. The fraction of sp³-hybridized carbons (Fsp3) is 0.333. The molecule has 26 heavy (non-hydrogen) atoms. The molecule has 2 aromatic rings. The van der Waals surface area contributed by atoms with E-state index in [9.17, 15) is 9.59 Å². The number of hydrogen-bond acceptors (Lipinski definition) is 2. The molecule has 1 fully saturated rings. The summed E-state index contributed by atoms with van der Waals surface area (Å²) in [5, 5.41) is 3.01. The first-order valence-electron chi connectivity index (χ1n) is 8.97. The second-order valence-electron chi connectivity index (χ2n) is 6.60. The molecule has 0 unspecified atom stereocenters. The second-order valence-corrected chi connectivity index (χ2v) is 7.51. The zero-order chi connectivity index (χ0) is 18.7. The first-order chi connectivity index (χ1) is 12.5. The van der Waals surface area contributed by atoms with Gasteiger partial charge in [0.05, 0.1) is 5.41 Å². The van der Waals surface area contributed by atoms with Crippen LogP contribution in [0.2, 0.25) is 0 Å². The Morgan fingerprint density at radius 1 is 1.00 bits per heavy atom. The highest BCUT2D eigenvalue weighted by atomic mass is 79.9. The van der Waals surface area contributed by atoms with Crippen molar-refractivity contribution in [3.8, 4) is 0 Å². The highest BCUT2D eigenvalue weighted by Crippen LogP contribution is 2.49. The van der Waals surface area contributed by atoms with Gasteiger partial charge < -0.3 is 10.2 Å². The third-order valence-corrected chi connectivity index (χ3v) is 5.55. The van der Waals surface area contributed by atoms with Crippen molar-refractivity contribution in [3.05, 3.63) is 64.1 Å². The number of hydrogen-bond donors (Lipinski definition) is 1. The van der Waals surface area contributed by atoms with Gasteiger partial charge in [-0.1, -0.05) is 28.1 Å². The molecule has 0 aliphatic heterocycles. The summed E-state index contributed by atoms with van der Waals surface area (Å²) in [5.74, 6) is 0.0315. The smallest absolute Gasteiger partial charge is 0.253 e. The van der Waals surface area contributed by atoms with Crippen molar-refractivity contribution >= 4 is 33.4 Å². The van der Waals surface area contributed by atoms with Crippen molar-refractivity contribution in [3.63, 3.8) is 0 Å². The summed E-state index contributed by atoms with van der Waals surface area (Å²) in [7, 11) is 0. The normalized spacial score (nSPS) is 14.6. The zero-order valence-electron chi connectivity index (χ0n) is 15.1. The van der Waals surface area contributed by atoms with Crippen LogP contribution in [-0.4, -0.2) is 29.8 Å². The van der Waals surface area contributed by atoms with E-state index < -0.39 is 5.41 Å². The van der Waals surface area contributed by atoms with Gasteiger partial charge in [-0.05, 0) is 68.7 Å². The van der Waals surface area contributed by atoms with E-state index in [-0.39, 0.29) is 11.8 Å². The minimum absolute atomic E-state index is 0.0152. The lowest BCUT2D eigenvalue weighted by Gasteiger charge is -2.19. The molecule has 0 heterocycles. The van der Waals surface area contributed by atoms with Gasteiger partial charge in [0.1, 0.15) is 0 Å². The topological polar surface area (TPSA) is 49.4 Å². The van der Waals surface area contributed by atoms with Crippen LogP contribution in [0, 0.1) is 0 Å². The second kappa shape index (κ2) is 7.62. The summed E-state index contributed by atoms with van der Waals surface area (Å²) in [6.07, 6.45) is 1.72. The molecule has 1 aliphatic rings. The zero-order valence-corrected chi connectivity index (χ0v) is 16.7. The van der Waals surface area contributed by atoms with Crippen molar-refractivity contribution in [2.24, 2.45) is 0 Å². The minimum Gasteiger partial charge on any atom is -0.339 e. The maximum Gasteiger partial charge on any atom is 0.253 e. The molecule has 0 bridgehead atoms. The molecule has 1 aliphatic carbocycles. The van der Waals surface area contributed by atoms with Crippen LogP contribution in [0.3, 0.4) is 0 Å². The van der Waals surface area contributed by atoms with Gasteiger partial charge in [0.2, 0.25) is 5.91 Å². The van der Waals surface area contributed by atoms with Crippen LogP contribution in [0.1, 0.15) is 42.6 Å². The third-order valence-electron chi connectivity index (χ3n) is 5.02. The first kappa shape index (κ1) is 18.6. The first-order valence-corrected chi connectivity index (χ1v) is 9.76. The Hall–Kier alpha value is -2.14. The summed E-state index contributed by atoms with van der Waals surface area (Å²) >= 11 is 3.43. The Morgan fingerprint density at radius 3 is 2.08 bits per heavy atom. The van der Waals surface area contributed by atoms with Crippen LogP contribution >= 0.6 is 15.9 Å². The average Bonchev–Trinajstić information content (AvgIpc) is 3.46. The number of rotatable bonds is 6. The van der Waals surface area contributed by atoms with E-state index in [4.69, 9.17) is 0 Å². The Balaban J connectivity index is 1.70. The van der Waals surface area contributed by atoms with E-state index in [1.165, 1.54) is 0 Å². The maximum atomic E-state index is 12.8. The summed E-state index contributed by atoms with van der Waals surface area (Å²) in [6.45, 7) is 5.30. The van der Waals surface area contributed by atoms with Crippen molar-refractivity contribution in [2.75, 3.05) is 18.4 Å². The molecule has 1 N–H and O–H groups in total. The molecule has 5 heteroatoms. The molecule has 1 saturated carbocycles. The van der Waals surface area contributed by atoms with Crippen LogP contribution in [0.15, 0.2) is 53.0 Å². The standard InChI is InChI=1S/C21H23BrN2O2/c1-3-24(4-2)19(25)15-5-11-18(12-6-15)23-20(26)21(13-14-21)16-7-9-17(22)10-8-16/h5-12H,3-4,13-14H2,1-2H3,(H,23,26). The van der Waals surface area contributed by atoms with Gasteiger partial charge in [0.25, 0.3) is 5.91 Å². The Bertz CT molecular complexity index is 792. The predicted molar refractivity (Wildman–Crippen MR) is 107 cm³/mol. The number of nitrogens with zero attached hydrogens (tertiary/aromatic N) is 1. The van der Waals surface area contributed by atoms with Crippen LogP contribution in [0.4, 0.5) is 5.69 Å². The molecule has 2 aromatic carbocycles. The van der Waals surface area contributed by atoms with Gasteiger partial charge in [-0.3, -0.25) is 9.59 Å². The average molecular weight is 415 g/mol. The number of benzene rings is 2. The summed E-state index contributed by atoms with van der Waals surface area (Å²) < 4.78 is 1.01. The van der Waals surface area contributed by atoms with Gasteiger partial charge in [0.15, 0.2) is 0 Å². The summed E-state index contributed by atoms with van der Waals surface area (Å²) in [6, 6.07) is 15.1. The van der Waals surface area contributed by atoms with E-state index in [1.54, 1.807) is 29.2 Å². The number of anilines is 1.